The molecule has 2 aromatic rings. The van der Waals surface area contributed by atoms with Gasteiger partial charge < -0.3 is 28.8 Å². The number of benzene rings is 2. The zero-order valence-corrected chi connectivity index (χ0v) is 21.8. The first-order valence-corrected chi connectivity index (χ1v) is 13.1. The van der Waals surface area contributed by atoms with Crippen LogP contribution in [0.3, 0.4) is 0 Å². The molecule has 2 aromatic carbocycles. The van der Waals surface area contributed by atoms with Crippen molar-refractivity contribution >= 4 is 45.2 Å². The maximum Gasteiger partial charge on any atom is 0.400 e. The van der Waals surface area contributed by atoms with Gasteiger partial charge in [-0.25, -0.2) is 8.37 Å². The summed E-state index contributed by atoms with van der Waals surface area (Å²) in [7, 11) is -3.23. The number of aliphatic hydroxyl groups is 1. The number of hydrogen-bond acceptors (Lipinski definition) is 10. The molecular formula is C22H23Cl3O10S. The Morgan fingerprint density at radius 1 is 1.03 bits per heavy atom. The van der Waals surface area contributed by atoms with Gasteiger partial charge in [-0.05, 0) is 24.3 Å². The van der Waals surface area contributed by atoms with Crippen LogP contribution >= 0.6 is 34.8 Å². The number of rotatable bonds is 8. The molecule has 0 amide bonds. The van der Waals surface area contributed by atoms with Gasteiger partial charge in [0.05, 0.1) is 13.7 Å². The van der Waals surface area contributed by atoms with Crippen LogP contribution in [0.2, 0.25) is 0 Å². The van der Waals surface area contributed by atoms with Gasteiger partial charge in [0.25, 0.3) is 0 Å². The molecule has 0 aliphatic carbocycles. The summed E-state index contributed by atoms with van der Waals surface area (Å²) < 4.78 is 61.5. The Bertz CT molecular complexity index is 1100. The largest absolute Gasteiger partial charge is 0.497 e. The Kier molecular flexibility index (Phi) is 8.88. The summed E-state index contributed by atoms with van der Waals surface area (Å²) in [6, 6.07) is 15.4. The van der Waals surface area contributed by atoms with Gasteiger partial charge in [-0.15, -0.1) is 0 Å². The van der Waals surface area contributed by atoms with Crippen molar-refractivity contribution in [3.05, 3.63) is 60.2 Å². The van der Waals surface area contributed by atoms with E-state index >= 15 is 0 Å². The van der Waals surface area contributed by atoms with Crippen molar-refractivity contribution in [1.82, 2.24) is 0 Å². The van der Waals surface area contributed by atoms with Crippen molar-refractivity contribution in [1.29, 1.82) is 0 Å². The van der Waals surface area contributed by atoms with Crippen LogP contribution in [-0.2, 0) is 33.0 Å². The highest BCUT2D eigenvalue weighted by atomic mass is 35.6. The van der Waals surface area contributed by atoms with Gasteiger partial charge in [0.1, 0.15) is 42.5 Å². The summed E-state index contributed by atoms with van der Waals surface area (Å²) in [6.45, 7) is -0.815. The number of hydrogen-bond donors (Lipinski definition) is 1. The molecule has 0 saturated carbocycles. The summed E-state index contributed by atoms with van der Waals surface area (Å²) in [5.74, 6) is 0.916. The second-order valence-electron chi connectivity index (χ2n) is 7.85. The Labute approximate surface area is 223 Å². The molecule has 0 bridgehead atoms. The highest BCUT2D eigenvalue weighted by Gasteiger charge is 2.53. The van der Waals surface area contributed by atoms with Crippen LogP contribution in [-0.4, -0.2) is 68.3 Å². The number of halogens is 3. The molecule has 198 valence electrons. The van der Waals surface area contributed by atoms with Crippen molar-refractivity contribution in [2.75, 3.05) is 20.3 Å². The second kappa shape index (κ2) is 11.6. The number of methoxy groups -OCH3 is 1. The topological polar surface area (TPSA) is 119 Å². The maximum atomic E-state index is 12.5. The van der Waals surface area contributed by atoms with Crippen LogP contribution in [0.4, 0.5) is 0 Å². The first kappa shape index (κ1) is 27.6. The number of alkyl halides is 3. The van der Waals surface area contributed by atoms with Gasteiger partial charge in [0, 0.05) is 5.56 Å². The van der Waals surface area contributed by atoms with Crippen LogP contribution in [0.25, 0.3) is 0 Å². The standard InChI is InChI=1S/C22H23Cl3O10S/c1-29-14-7-9-15(10-8-14)32-21-17(26)19(35-36(27,28)31-12-22(23,24)25)18-16(33-21)11-30-20(34-18)13-5-3-2-4-6-13/h2-10,16-21,26H,11-12H2,1H3/t16-,17-,18+,19-,20?,21-/m1/s1. The fraction of sp³-hybridized carbons (Fsp3) is 0.455. The van der Waals surface area contributed by atoms with Crippen molar-refractivity contribution < 1.29 is 45.6 Å². The minimum absolute atomic E-state index is 0.00562. The van der Waals surface area contributed by atoms with Crippen LogP contribution < -0.4 is 9.47 Å². The SMILES string of the molecule is COc1ccc(O[C@@H]2O[C@@H]3COC(c4ccccc4)O[C@@H]3[C@H](OS(=O)(=O)OCC(Cl)(Cl)Cl)[C@H]2O)cc1. The summed E-state index contributed by atoms with van der Waals surface area (Å²) in [5, 5.41) is 11.1. The maximum absolute atomic E-state index is 12.5. The smallest absolute Gasteiger partial charge is 0.400 e. The van der Waals surface area contributed by atoms with Crippen molar-refractivity contribution in [3.63, 3.8) is 0 Å². The molecule has 0 spiro atoms. The van der Waals surface area contributed by atoms with E-state index in [4.69, 9.17) is 62.7 Å². The predicted octanol–water partition coefficient (Wildman–Crippen LogP) is 3.29. The molecule has 1 unspecified atom stereocenters. The van der Waals surface area contributed by atoms with E-state index in [9.17, 15) is 13.5 Å². The minimum Gasteiger partial charge on any atom is -0.497 e. The van der Waals surface area contributed by atoms with Crippen LogP contribution in [0.15, 0.2) is 54.6 Å². The molecular weight excluding hydrogens is 563 g/mol. The summed E-state index contributed by atoms with van der Waals surface area (Å²) in [4.78, 5) is 0. The molecule has 2 fully saturated rings. The van der Waals surface area contributed by atoms with Crippen LogP contribution in [0.5, 0.6) is 11.5 Å². The third-order valence-electron chi connectivity index (χ3n) is 5.29. The van der Waals surface area contributed by atoms with E-state index in [1.807, 2.05) is 6.07 Å². The third kappa shape index (κ3) is 7.13. The molecule has 2 heterocycles. The summed E-state index contributed by atoms with van der Waals surface area (Å²) in [6.07, 6.45) is -7.28. The quantitative estimate of drug-likeness (QED) is 0.462. The highest BCUT2D eigenvalue weighted by molar-refractivity contribution is 7.81. The molecule has 10 nitrogen and oxygen atoms in total. The summed E-state index contributed by atoms with van der Waals surface area (Å²) >= 11 is 16.8. The lowest BCUT2D eigenvalue weighted by molar-refractivity contribution is -0.346. The lowest BCUT2D eigenvalue weighted by atomic mass is 9.98. The Morgan fingerprint density at radius 2 is 1.69 bits per heavy atom. The lowest BCUT2D eigenvalue weighted by Crippen LogP contribution is -2.64. The predicted molar refractivity (Wildman–Crippen MR) is 128 cm³/mol. The van der Waals surface area contributed by atoms with E-state index in [1.54, 1.807) is 48.5 Å². The first-order valence-electron chi connectivity index (χ1n) is 10.7. The number of fused-ring (bicyclic) bond motifs is 1. The van der Waals surface area contributed by atoms with Gasteiger partial charge in [-0.2, -0.15) is 8.42 Å². The van der Waals surface area contributed by atoms with Gasteiger partial charge >= 0.3 is 10.4 Å². The average Bonchev–Trinajstić information content (AvgIpc) is 2.86. The molecule has 2 aliphatic heterocycles. The van der Waals surface area contributed by atoms with Crippen LogP contribution in [0, 0.1) is 0 Å². The molecule has 2 aliphatic rings. The average molecular weight is 586 g/mol. The van der Waals surface area contributed by atoms with E-state index in [-0.39, 0.29) is 6.61 Å². The fourth-order valence-electron chi connectivity index (χ4n) is 3.64. The highest BCUT2D eigenvalue weighted by Crippen LogP contribution is 2.37. The Morgan fingerprint density at radius 3 is 2.33 bits per heavy atom. The van der Waals surface area contributed by atoms with Gasteiger partial charge in [-0.1, -0.05) is 65.1 Å². The van der Waals surface area contributed by atoms with Crippen molar-refractivity contribution in [2.24, 2.45) is 0 Å². The Hall–Kier alpha value is -1.38. The molecule has 2 saturated heterocycles. The van der Waals surface area contributed by atoms with E-state index in [0.29, 0.717) is 17.1 Å². The fourth-order valence-corrected chi connectivity index (χ4v) is 4.87. The first-order chi connectivity index (χ1) is 17.0. The van der Waals surface area contributed by atoms with Crippen molar-refractivity contribution in [2.45, 2.75) is 40.8 Å². The third-order valence-corrected chi connectivity index (χ3v) is 6.48. The molecule has 1 N–H and O–H groups in total. The molecule has 36 heavy (non-hydrogen) atoms. The normalized spacial score (nSPS) is 28.8. The van der Waals surface area contributed by atoms with Gasteiger partial charge in [0.2, 0.25) is 10.1 Å². The Balaban J connectivity index is 1.56. The zero-order valence-electron chi connectivity index (χ0n) is 18.7. The molecule has 0 aromatic heterocycles. The molecule has 6 atom stereocenters. The number of ether oxygens (including phenoxy) is 5. The summed E-state index contributed by atoms with van der Waals surface area (Å²) in [5.41, 5.74) is 0.677. The molecule has 14 heteroatoms. The zero-order chi connectivity index (χ0) is 25.9. The minimum atomic E-state index is -4.75. The monoisotopic (exact) mass is 584 g/mol. The number of aliphatic hydroxyl groups excluding tert-OH is 1. The van der Waals surface area contributed by atoms with E-state index in [2.05, 4.69) is 4.18 Å². The van der Waals surface area contributed by atoms with Crippen molar-refractivity contribution in [3.8, 4) is 11.5 Å². The molecule has 4 rings (SSSR count). The molecule has 0 radical (unpaired) electrons. The lowest BCUT2D eigenvalue weighted by Gasteiger charge is -2.47. The van der Waals surface area contributed by atoms with E-state index in [1.165, 1.54) is 7.11 Å². The van der Waals surface area contributed by atoms with Gasteiger partial charge in [-0.3, -0.25) is 0 Å². The van der Waals surface area contributed by atoms with Crippen LogP contribution in [0.1, 0.15) is 11.9 Å². The van der Waals surface area contributed by atoms with E-state index in [0.717, 1.165) is 0 Å². The van der Waals surface area contributed by atoms with E-state index < -0.39 is 57.8 Å². The van der Waals surface area contributed by atoms with Gasteiger partial charge in [0.15, 0.2) is 6.29 Å². The second-order valence-corrected chi connectivity index (χ2v) is 11.6.